The summed E-state index contributed by atoms with van der Waals surface area (Å²) in [4.78, 5) is 16.8. The van der Waals surface area contributed by atoms with E-state index < -0.39 is 7.60 Å². The highest BCUT2D eigenvalue weighted by Crippen LogP contribution is 2.35. The van der Waals surface area contributed by atoms with Crippen molar-refractivity contribution >= 4 is 7.60 Å². The minimum absolute atomic E-state index is 0.0338. The topological polar surface area (TPSA) is 83.6 Å². The summed E-state index contributed by atoms with van der Waals surface area (Å²) in [5.74, 6) is 0. The Bertz CT molecular complexity index is 131. The maximum absolute atomic E-state index is 10.3. The molecule has 62 valence electrons. The molecular weight excluding hydrogens is 153 g/mol. The van der Waals surface area contributed by atoms with Gasteiger partial charge in [0.1, 0.15) is 0 Å². The SMILES string of the molecule is C[C@H](N)CCCP(=O)(O)O. The van der Waals surface area contributed by atoms with Gasteiger partial charge in [-0.25, -0.2) is 0 Å². The largest absolute Gasteiger partial charge is 0.328 e. The lowest BCUT2D eigenvalue weighted by atomic mass is 10.2. The molecule has 0 spiro atoms. The van der Waals surface area contributed by atoms with Gasteiger partial charge in [0, 0.05) is 12.2 Å². The highest BCUT2D eigenvalue weighted by atomic mass is 31.2. The maximum Gasteiger partial charge on any atom is 0.325 e. The zero-order valence-electron chi connectivity index (χ0n) is 6.03. The average molecular weight is 167 g/mol. The van der Waals surface area contributed by atoms with E-state index in [0.717, 1.165) is 0 Å². The summed E-state index contributed by atoms with van der Waals surface area (Å²) in [6.07, 6.45) is 1.13. The van der Waals surface area contributed by atoms with Crippen LogP contribution in [0.25, 0.3) is 0 Å². The van der Waals surface area contributed by atoms with Crippen LogP contribution in [0.5, 0.6) is 0 Å². The number of nitrogens with two attached hydrogens (primary N) is 1. The molecule has 0 saturated heterocycles. The van der Waals surface area contributed by atoms with Crippen LogP contribution in [0.15, 0.2) is 0 Å². The van der Waals surface area contributed by atoms with Gasteiger partial charge in [-0.3, -0.25) is 4.57 Å². The molecule has 0 aromatic carbocycles. The Morgan fingerprint density at radius 1 is 1.60 bits per heavy atom. The summed E-state index contributed by atoms with van der Waals surface area (Å²) in [6.45, 7) is 1.82. The van der Waals surface area contributed by atoms with Gasteiger partial charge in [-0.05, 0) is 19.8 Å². The first-order valence-electron chi connectivity index (χ1n) is 3.22. The minimum atomic E-state index is -3.78. The third kappa shape index (κ3) is 8.11. The Morgan fingerprint density at radius 2 is 2.10 bits per heavy atom. The van der Waals surface area contributed by atoms with Crippen LogP contribution >= 0.6 is 7.60 Å². The van der Waals surface area contributed by atoms with Gasteiger partial charge in [0.15, 0.2) is 0 Å². The second-order valence-corrected chi connectivity index (χ2v) is 4.28. The Kier molecular flexibility index (Phi) is 4.13. The van der Waals surface area contributed by atoms with Crippen LogP contribution in [0.3, 0.4) is 0 Å². The van der Waals surface area contributed by atoms with Crippen LogP contribution in [-0.4, -0.2) is 22.0 Å². The second kappa shape index (κ2) is 4.09. The molecule has 0 saturated carbocycles. The molecular formula is C5H14NO3P. The lowest BCUT2D eigenvalue weighted by Crippen LogP contribution is -2.14. The first kappa shape index (κ1) is 10.1. The molecule has 0 unspecified atom stereocenters. The summed E-state index contributed by atoms with van der Waals surface area (Å²) in [5, 5.41) is 0. The van der Waals surface area contributed by atoms with Crippen molar-refractivity contribution in [2.45, 2.75) is 25.8 Å². The van der Waals surface area contributed by atoms with E-state index >= 15 is 0 Å². The third-order valence-electron chi connectivity index (χ3n) is 1.11. The molecule has 0 rings (SSSR count). The van der Waals surface area contributed by atoms with Crippen molar-refractivity contribution in [3.8, 4) is 0 Å². The summed E-state index contributed by atoms with van der Waals surface area (Å²) < 4.78 is 10.3. The highest BCUT2D eigenvalue weighted by Gasteiger charge is 2.11. The Morgan fingerprint density at radius 3 is 2.40 bits per heavy atom. The van der Waals surface area contributed by atoms with Crippen LogP contribution in [0, 0.1) is 0 Å². The van der Waals surface area contributed by atoms with E-state index in [1.54, 1.807) is 0 Å². The van der Waals surface area contributed by atoms with Gasteiger partial charge < -0.3 is 15.5 Å². The van der Waals surface area contributed by atoms with Crippen molar-refractivity contribution in [3.63, 3.8) is 0 Å². The fourth-order valence-corrected chi connectivity index (χ4v) is 1.21. The van der Waals surface area contributed by atoms with Crippen molar-refractivity contribution in [2.24, 2.45) is 5.73 Å². The van der Waals surface area contributed by atoms with Gasteiger partial charge in [-0.2, -0.15) is 0 Å². The minimum Gasteiger partial charge on any atom is -0.328 e. The molecule has 5 heteroatoms. The van der Waals surface area contributed by atoms with Gasteiger partial charge in [0.05, 0.1) is 0 Å². The smallest absolute Gasteiger partial charge is 0.325 e. The third-order valence-corrected chi connectivity index (χ3v) is 2.01. The van der Waals surface area contributed by atoms with E-state index in [1.165, 1.54) is 0 Å². The molecule has 0 aliphatic carbocycles. The number of hydrogen-bond donors (Lipinski definition) is 3. The van der Waals surface area contributed by atoms with Crippen molar-refractivity contribution in [3.05, 3.63) is 0 Å². The monoisotopic (exact) mass is 167 g/mol. The van der Waals surface area contributed by atoms with Crippen LogP contribution in [0.1, 0.15) is 19.8 Å². The van der Waals surface area contributed by atoms with Gasteiger partial charge in [0.25, 0.3) is 0 Å². The normalized spacial score (nSPS) is 15.2. The molecule has 0 aliphatic heterocycles. The molecule has 4 nitrogen and oxygen atoms in total. The van der Waals surface area contributed by atoms with E-state index in [9.17, 15) is 4.57 Å². The fourth-order valence-electron chi connectivity index (χ4n) is 0.619. The number of hydrogen-bond acceptors (Lipinski definition) is 2. The average Bonchev–Trinajstić information content (AvgIpc) is 1.59. The molecule has 10 heavy (non-hydrogen) atoms. The quantitative estimate of drug-likeness (QED) is 0.525. The summed E-state index contributed by atoms with van der Waals surface area (Å²) in [7, 11) is -3.78. The van der Waals surface area contributed by atoms with Crippen molar-refractivity contribution < 1.29 is 14.4 Å². The van der Waals surface area contributed by atoms with Crippen LogP contribution in [-0.2, 0) is 4.57 Å². The molecule has 0 heterocycles. The zero-order chi connectivity index (χ0) is 8.20. The first-order valence-corrected chi connectivity index (χ1v) is 5.02. The standard InChI is InChI=1S/C5H14NO3P/c1-5(6)3-2-4-10(7,8)9/h5H,2-4,6H2,1H3,(H2,7,8,9)/t5-/m0/s1. The molecule has 1 atom stereocenters. The Balaban J connectivity index is 3.30. The van der Waals surface area contributed by atoms with Crippen LogP contribution < -0.4 is 5.73 Å². The first-order chi connectivity index (χ1) is 4.42. The molecule has 0 aromatic heterocycles. The Hall–Kier alpha value is 0.110. The fraction of sp³-hybridized carbons (Fsp3) is 1.00. The lowest BCUT2D eigenvalue weighted by molar-refractivity contribution is 0.370. The van der Waals surface area contributed by atoms with Gasteiger partial charge in [-0.1, -0.05) is 0 Å². The molecule has 0 radical (unpaired) electrons. The predicted octanol–water partition coefficient (Wildman–Crippen LogP) is 0.292. The Labute approximate surface area is 60.6 Å². The molecule has 0 fully saturated rings. The van der Waals surface area contributed by atoms with E-state index in [-0.39, 0.29) is 12.2 Å². The summed E-state index contributed by atoms with van der Waals surface area (Å²) in [5.41, 5.74) is 5.37. The molecule has 0 amide bonds. The predicted molar refractivity (Wildman–Crippen MR) is 39.8 cm³/mol. The molecule has 0 bridgehead atoms. The lowest BCUT2D eigenvalue weighted by Gasteiger charge is -2.05. The zero-order valence-corrected chi connectivity index (χ0v) is 6.92. The van der Waals surface area contributed by atoms with E-state index in [2.05, 4.69) is 0 Å². The molecule has 0 aliphatic rings. The van der Waals surface area contributed by atoms with E-state index in [4.69, 9.17) is 15.5 Å². The summed E-state index contributed by atoms with van der Waals surface area (Å²) >= 11 is 0. The van der Waals surface area contributed by atoms with Crippen molar-refractivity contribution in [2.75, 3.05) is 6.16 Å². The van der Waals surface area contributed by atoms with Crippen molar-refractivity contribution in [1.29, 1.82) is 0 Å². The van der Waals surface area contributed by atoms with Gasteiger partial charge in [0.2, 0.25) is 0 Å². The molecule has 4 N–H and O–H groups in total. The summed E-state index contributed by atoms with van der Waals surface area (Å²) in [6, 6.07) is 0.0338. The molecule has 0 aromatic rings. The van der Waals surface area contributed by atoms with Crippen molar-refractivity contribution in [1.82, 2.24) is 0 Å². The van der Waals surface area contributed by atoms with Gasteiger partial charge >= 0.3 is 7.60 Å². The van der Waals surface area contributed by atoms with Crippen LogP contribution in [0.4, 0.5) is 0 Å². The highest BCUT2D eigenvalue weighted by molar-refractivity contribution is 7.51. The van der Waals surface area contributed by atoms with E-state index in [1.807, 2.05) is 6.92 Å². The number of rotatable bonds is 4. The maximum atomic E-state index is 10.3. The van der Waals surface area contributed by atoms with Gasteiger partial charge in [-0.15, -0.1) is 0 Å². The van der Waals surface area contributed by atoms with Crippen LogP contribution in [0.2, 0.25) is 0 Å². The van der Waals surface area contributed by atoms with E-state index in [0.29, 0.717) is 12.8 Å². The second-order valence-electron chi connectivity index (χ2n) is 2.51.